The standard InChI is InChI=1S/C23H24N6O/c1-15-23-18-9-8-16(17-13-24-28(2)14-17)12-19(18)20(10-11-29(23)27-26-15)25-21-6-4-5-7-22(21)30-3/h4-9,12-14,20,25H,10-11H2,1-3H3. The van der Waals surface area contributed by atoms with E-state index in [1.807, 2.05) is 53.9 Å². The van der Waals surface area contributed by atoms with Crippen LogP contribution >= 0.6 is 0 Å². The number of para-hydroxylation sites is 2. The second-order valence-corrected chi connectivity index (χ2v) is 7.64. The van der Waals surface area contributed by atoms with Gasteiger partial charge >= 0.3 is 0 Å². The minimum atomic E-state index is 0.106. The highest BCUT2D eigenvalue weighted by Gasteiger charge is 2.26. The number of ether oxygens (including phenoxy) is 1. The van der Waals surface area contributed by atoms with Crippen molar-refractivity contribution >= 4 is 5.69 Å². The van der Waals surface area contributed by atoms with E-state index in [1.54, 1.807) is 7.11 Å². The molecule has 0 saturated heterocycles. The Morgan fingerprint density at radius 3 is 2.80 bits per heavy atom. The number of fused-ring (bicyclic) bond motifs is 3. The molecule has 7 heteroatoms. The largest absolute Gasteiger partial charge is 0.495 e. The van der Waals surface area contributed by atoms with Gasteiger partial charge in [0.2, 0.25) is 0 Å². The fourth-order valence-corrected chi connectivity index (χ4v) is 4.22. The van der Waals surface area contributed by atoms with Crippen molar-refractivity contribution in [2.75, 3.05) is 12.4 Å². The maximum absolute atomic E-state index is 5.57. The first-order valence-corrected chi connectivity index (χ1v) is 10.1. The molecule has 0 fully saturated rings. The zero-order chi connectivity index (χ0) is 20.7. The summed E-state index contributed by atoms with van der Waals surface area (Å²) in [5.41, 5.74) is 7.66. The lowest BCUT2D eigenvalue weighted by Crippen LogP contribution is -2.13. The van der Waals surface area contributed by atoms with E-state index in [-0.39, 0.29) is 6.04 Å². The zero-order valence-electron chi connectivity index (χ0n) is 17.3. The van der Waals surface area contributed by atoms with Crippen molar-refractivity contribution in [3.8, 4) is 28.1 Å². The van der Waals surface area contributed by atoms with Gasteiger partial charge in [-0.2, -0.15) is 5.10 Å². The molecule has 152 valence electrons. The molecular formula is C23H24N6O. The molecule has 3 heterocycles. The lowest BCUT2D eigenvalue weighted by Gasteiger charge is -2.22. The van der Waals surface area contributed by atoms with Crippen LogP contribution in [0.25, 0.3) is 22.4 Å². The monoisotopic (exact) mass is 400 g/mol. The summed E-state index contributed by atoms with van der Waals surface area (Å²) in [7, 11) is 3.64. The Balaban J connectivity index is 1.64. The second-order valence-electron chi connectivity index (χ2n) is 7.64. The molecule has 0 saturated carbocycles. The molecule has 0 amide bonds. The van der Waals surface area contributed by atoms with E-state index in [0.29, 0.717) is 0 Å². The van der Waals surface area contributed by atoms with Crippen molar-refractivity contribution in [2.24, 2.45) is 7.05 Å². The van der Waals surface area contributed by atoms with Crippen molar-refractivity contribution in [2.45, 2.75) is 25.9 Å². The molecule has 0 spiro atoms. The van der Waals surface area contributed by atoms with E-state index >= 15 is 0 Å². The summed E-state index contributed by atoms with van der Waals surface area (Å²) in [6.07, 6.45) is 4.83. The Morgan fingerprint density at radius 2 is 2.00 bits per heavy atom. The lowest BCUT2D eigenvalue weighted by atomic mass is 9.93. The minimum Gasteiger partial charge on any atom is -0.495 e. The fourth-order valence-electron chi connectivity index (χ4n) is 4.22. The van der Waals surface area contributed by atoms with Gasteiger partial charge in [0.1, 0.15) is 5.75 Å². The molecule has 0 bridgehead atoms. The van der Waals surface area contributed by atoms with E-state index in [1.165, 1.54) is 5.56 Å². The van der Waals surface area contributed by atoms with Gasteiger partial charge in [-0.3, -0.25) is 4.68 Å². The molecule has 30 heavy (non-hydrogen) atoms. The Hall–Kier alpha value is -3.61. The summed E-state index contributed by atoms with van der Waals surface area (Å²) in [4.78, 5) is 0. The number of aryl methyl sites for hydroxylation is 3. The second kappa shape index (κ2) is 7.33. The Morgan fingerprint density at radius 1 is 1.13 bits per heavy atom. The third-order valence-electron chi connectivity index (χ3n) is 5.69. The normalized spacial score (nSPS) is 15.2. The number of hydrogen-bond acceptors (Lipinski definition) is 5. The number of benzene rings is 2. The van der Waals surface area contributed by atoms with Gasteiger partial charge in [0.15, 0.2) is 0 Å². The van der Waals surface area contributed by atoms with E-state index in [0.717, 1.165) is 52.5 Å². The number of rotatable bonds is 4. The molecule has 4 aromatic rings. The van der Waals surface area contributed by atoms with Crippen LogP contribution in [0.5, 0.6) is 5.75 Å². The maximum Gasteiger partial charge on any atom is 0.141 e. The smallest absolute Gasteiger partial charge is 0.141 e. The van der Waals surface area contributed by atoms with Crippen LogP contribution in [0.1, 0.15) is 23.7 Å². The van der Waals surface area contributed by atoms with E-state index in [9.17, 15) is 0 Å². The molecule has 0 radical (unpaired) electrons. The van der Waals surface area contributed by atoms with Crippen LogP contribution < -0.4 is 10.1 Å². The van der Waals surface area contributed by atoms with Gasteiger partial charge in [-0.1, -0.05) is 29.5 Å². The minimum absolute atomic E-state index is 0.106. The topological polar surface area (TPSA) is 69.8 Å². The van der Waals surface area contributed by atoms with Crippen molar-refractivity contribution in [3.05, 3.63) is 66.1 Å². The number of nitrogens with zero attached hydrogens (tertiary/aromatic N) is 5. The summed E-state index contributed by atoms with van der Waals surface area (Å²) in [5, 5.41) is 16.7. The van der Waals surface area contributed by atoms with Gasteiger partial charge in [0, 0.05) is 30.9 Å². The molecule has 1 aliphatic rings. The average Bonchev–Trinajstić information content (AvgIpc) is 3.32. The summed E-state index contributed by atoms with van der Waals surface area (Å²) < 4.78 is 9.41. The number of aromatic nitrogens is 5. The Kier molecular flexibility index (Phi) is 4.50. The highest BCUT2D eigenvalue weighted by Crippen LogP contribution is 2.40. The van der Waals surface area contributed by atoms with Crippen LogP contribution in [0.3, 0.4) is 0 Å². The molecule has 2 aromatic heterocycles. The molecule has 0 aliphatic carbocycles. The summed E-state index contributed by atoms with van der Waals surface area (Å²) >= 11 is 0. The lowest BCUT2D eigenvalue weighted by molar-refractivity contribution is 0.415. The van der Waals surface area contributed by atoms with Crippen LogP contribution in [0.4, 0.5) is 5.69 Å². The molecule has 5 rings (SSSR count). The third kappa shape index (κ3) is 3.12. The number of methoxy groups -OCH3 is 1. The van der Waals surface area contributed by atoms with Crippen molar-refractivity contribution in [1.29, 1.82) is 0 Å². The van der Waals surface area contributed by atoms with E-state index in [2.05, 4.69) is 45.0 Å². The van der Waals surface area contributed by atoms with Crippen molar-refractivity contribution in [1.82, 2.24) is 24.8 Å². The van der Waals surface area contributed by atoms with E-state index < -0.39 is 0 Å². The quantitative estimate of drug-likeness (QED) is 0.555. The zero-order valence-corrected chi connectivity index (χ0v) is 17.3. The Labute approximate surface area is 175 Å². The summed E-state index contributed by atoms with van der Waals surface area (Å²) in [6.45, 7) is 2.81. The summed E-state index contributed by atoms with van der Waals surface area (Å²) in [5.74, 6) is 0.835. The van der Waals surface area contributed by atoms with Gasteiger partial charge in [-0.25, -0.2) is 4.68 Å². The highest BCUT2D eigenvalue weighted by molar-refractivity contribution is 5.74. The molecule has 2 aromatic carbocycles. The SMILES string of the molecule is COc1ccccc1NC1CCn2nnc(C)c2-c2ccc(-c3cnn(C)c3)cc21. The highest BCUT2D eigenvalue weighted by atomic mass is 16.5. The number of anilines is 1. The van der Waals surface area contributed by atoms with Gasteiger partial charge < -0.3 is 10.1 Å². The van der Waals surface area contributed by atoms with Crippen LogP contribution in [-0.2, 0) is 13.6 Å². The molecule has 1 aliphatic heterocycles. The van der Waals surface area contributed by atoms with Gasteiger partial charge in [0.25, 0.3) is 0 Å². The first-order valence-electron chi connectivity index (χ1n) is 10.1. The summed E-state index contributed by atoms with van der Waals surface area (Å²) in [6, 6.07) is 14.7. The van der Waals surface area contributed by atoms with E-state index in [4.69, 9.17) is 4.74 Å². The predicted octanol–water partition coefficient (Wildman–Crippen LogP) is 4.22. The maximum atomic E-state index is 5.57. The fraction of sp³-hybridized carbons (Fsp3) is 0.261. The first-order chi connectivity index (χ1) is 14.6. The number of hydrogen-bond donors (Lipinski definition) is 1. The molecular weight excluding hydrogens is 376 g/mol. The van der Waals surface area contributed by atoms with Gasteiger partial charge in [-0.15, -0.1) is 5.10 Å². The molecule has 1 N–H and O–H groups in total. The van der Waals surface area contributed by atoms with Crippen LogP contribution in [0.2, 0.25) is 0 Å². The Bertz CT molecular complexity index is 1210. The molecule has 1 atom stereocenters. The van der Waals surface area contributed by atoms with Crippen molar-refractivity contribution in [3.63, 3.8) is 0 Å². The first kappa shape index (κ1) is 18.4. The van der Waals surface area contributed by atoms with Crippen molar-refractivity contribution < 1.29 is 4.74 Å². The van der Waals surface area contributed by atoms with Crippen LogP contribution in [0.15, 0.2) is 54.9 Å². The molecule has 7 nitrogen and oxygen atoms in total. The third-order valence-corrected chi connectivity index (χ3v) is 5.69. The van der Waals surface area contributed by atoms with Gasteiger partial charge in [-0.05, 0) is 42.7 Å². The van der Waals surface area contributed by atoms with Crippen LogP contribution in [-0.4, -0.2) is 31.9 Å². The predicted molar refractivity (Wildman–Crippen MR) is 116 cm³/mol. The molecule has 1 unspecified atom stereocenters. The number of nitrogens with one attached hydrogen (secondary N) is 1. The van der Waals surface area contributed by atoms with Crippen LogP contribution in [0, 0.1) is 6.92 Å². The average molecular weight is 400 g/mol. The van der Waals surface area contributed by atoms with Gasteiger partial charge in [0.05, 0.1) is 36.4 Å².